The number of aromatic nitrogens is 2. The molecule has 0 aliphatic rings. The van der Waals surface area contributed by atoms with Crippen LogP contribution in [0.4, 0.5) is 0 Å². The van der Waals surface area contributed by atoms with Crippen LogP contribution in [-0.4, -0.2) is 29.4 Å². The third kappa shape index (κ3) is 3.06. The maximum atomic E-state index is 11.1. The lowest BCUT2D eigenvalue weighted by molar-refractivity contribution is -0.139. The van der Waals surface area contributed by atoms with Crippen LogP contribution in [0.25, 0.3) is 0 Å². The average molecular weight is 239 g/mol. The summed E-state index contributed by atoms with van der Waals surface area (Å²) < 4.78 is 6.57. The maximum absolute atomic E-state index is 11.1. The van der Waals surface area contributed by atoms with Crippen molar-refractivity contribution in [3.8, 4) is 0 Å². The zero-order valence-electron chi connectivity index (χ0n) is 11.2. The summed E-state index contributed by atoms with van der Waals surface area (Å²) in [4.78, 5) is 11.1. The Labute approximate surface area is 102 Å². The molecular formula is C12H21N3O2. The monoisotopic (exact) mass is 239 g/mol. The molecule has 0 spiro atoms. The molecule has 0 bridgehead atoms. The molecule has 5 heteroatoms. The Morgan fingerprint density at radius 1 is 1.53 bits per heavy atom. The number of nitrogens with one attached hydrogen (secondary N) is 1. The third-order valence-corrected chi connectivity index (χ3v) is 2.95. The minimum Gasteiger partial charge on any atom is -0.468 e. The van der Waals surface area contributed by atoms with Gasteiger partial charge in [0.1, 0.15) is 0 Å². The maximum Gasteiger partial charge on any atom is 0.319 e. The molecule has 1 N–H and O–H groups in total. The Hall–Kier alpha value is -1.36. The normalized spacial score (nSPS) is 12.5. The van der Waals surface area contributed by atoms with Gasteiger partial charge >= 0.3 is 5.97 Å². The second kappa shape index (κ2) is 5.82. The lowest BCUT2D eigenvalue weighted by Crippen LogP contribution is -2.27. The Morgan fingerprint density at radius 2 is 2.18 bits per heavy atom. The van der Waals surface area contributed by atoms with Gasteiger partial charge < -0.3 is 10.1 Å². The van der Waals surface area contributed by atoms with E-state index in [1.165, 1.54) is 7.11 Å². The van der Waals surface area contributed by atoms with Gasteiger partial charge in [0, 0.05) is 23.8 Å². The molecular weight excluding hydrogens is 218 g/mol. The van der Waals surface area contributed by atoms with Crippen LogP contribution in [-0.2, 0) is 16.1 Å². The zero-order valence-corrected chi connectivity index (χ0v) is 11.2. The van der Waals surface area contributed by atoms with Crippen molar-refractivity contribution in [2.75, 3.05) is 13.7 Å². The number of carbonyl (C=O) groups is 1. The topological polar surface area (TPSA) is 56.2 Å². The highest BCUT2D eigenvalue weighted by molar-refractivity contribution is 5.71. The van der Waals surface area contributed by atoms with Gasteiger partial charge in [0.2, 0.25) is 0 Å². The summed E-state index contributed by atoms with van der Waals surface area (Å²) in [5, 5.41) is 7.60. The highest BCUT2D eigenvalue weighted by Crippen LogP contribution is 2.20. The predicted octanol–water partition coefficient (Wildman–Crippen LogP) is 1.34. The van der Waals surface area contributed by atoms with Gasteiger partial charge in [-0.1, -0.05) is 0 Å². The van der Waals surface area contributed by atoms with E-state index in [0.717, 1.165) is 23.5 Å². The first-order valence-corrected chi connectivity index (χ1v) is 5.85. The standard InChI is InChI=1S/C12H21N3O2/c1-6-15-10(4)12(9(3)14-15)8(2)13-7-11(16)17-5/h8,13H,6-7H2,1-5H3. The van der Waals surface area contributed by atoms with Crippen molar-refractivity contribution in [2.45, 2.75) is 40.3 Å². The fourth-order valence-corrected chi connectivity index (χ4v) is 2.06. The van der Waals surface area contributed by atoms with Crippen molar-refractivity contribution >= 4 is 5.97 Å². The number of hydrogen-bond acceptors (Lipinski definition) is 4. The van der Waals surface area contributed by atoms with Crippen LogP contribution < -0.4 is 5.32 Å². The van der Waals surface area contributed by atoms with Crippen LogP contribution in [0.3, 0.4) is 0 Å². The minimum absolute atomic E-state index is 0.0920. The number of hydrogen-bond donors (Lipinski definition) is 1. The fourth-order valence-electron chi connectivity index (χ4n) is 2.06. The second-order valence-corrected chi connectivity index (χ2v) is 4.08. The van der Waals surface area contributed by atoms with Crippen molar-refractivity contribution in [1.29, 1.82) is 0 Å². The number of ether oxygens (including phenoxy) is 1. The van der Waals surface area contributed by atoms with Gasteiger partial charge in [-0.3, -0.25) is 9.48 Å². The SMILES string of the molecule is CCn1nc(C)c(C(C)NCC(=O)OC)c1C. The molecule has 17 heavy (non-hydrogen) atoms. The smallest absolute Gasteiger partial charge is 0.319 e. The van der Waals surface area contributed by atoms with E-state index in [0.29, 0.717) is 0 Å². The average Bonchev–Trinajstić information content (AvgIpc) is 2.60. The van der Waals surface area contributed by atoms with Crippen LogP contribution in [0.1, 0.15) is 36.8 Å². The van der Waals surface area contributed by atoms with E-state index in [2.05, 4.69) is 29.0 Å². The number of methoxy groups -OCH3 is 1. The molecule has 0 saturated carbocycles. The quantitative estimate of drug-likeness (QED) is 0.788. The van der Waals surface area contributed by atoms with E-state index in [1.807, 2.05) is 18.5 Å². The van der Waals surface area contributed by atoms with Gasteiger partial charge in [-0.05, 0) is 27.7 Å². The number of esters is 1. The first-order valence-electron chi connectivity index (χ1n) is 5.85. The van der Waals surface area contributed by atoms with Crippen molar-refractivity contribution in [1.82, 2.24) is 15.1 Å². The molecule has 96 valence electrons. The molecule has 0 saturated heterocycles. The molecule has 0 aliphatic carbocycles. The number of carbonyl (C=O) groups excluding carboxylic acids is 1. The molecule has 0 amide bonds. The van der Waals surface area contributed by atoms with E-state index in [1.54, 1.807) is 0 Å². The van der Waals surface area contributed by atoms with E-state index >= 15 is 0 Å². The molecule has 0 aromatic carbocycles. The van der Waals surface area contributed by atoms with Crippen LogP contribution in [0.5, 0.6) is 0 Å². The van der Waals surface area contributed by atoms with E-state index < -0.39 is 0 Å². The minimum atomic E-state index is -0.255. The van der Waals surface area contributed by atoms with Crippen LogP contribution in [0, 0.1) is 13.8 Å². The summed E-state index contributed by atoms with van der Waals surface area (Å²) in [6.07, 6.45) is 0. The van der Waals surface area contributed by atoms with Gasteiger partial charge in [-0.2, -0.15) is 5.10 Å². The third-order valence-electron chi connectivity index (χ3n) is 2.95. The summed E-state index contributed by atoms with van der Waals surface area (Å²) in [6.45, 7) is 9.21. The first-order chi connectivity index (χ1) is 8.01. The van der Waals surface area contributed by atoms with E-state index in [-0.39, 0.29) is 18.6 Å². The van der Waals surface area contributed by atoms with Gasteiger partial charge in [0.05, 0.1) is 19.3 Å². The van der Waals surface area contributed by atoms with Crippen molar-refractivity contribution in [2.24, 2.45) is 0 Å². The molecule has 1 aromatic rings. The Bertz CT molecular complexity index is 399. The van der Waals surface area contributed by atoms with Crippen molar-refractivity contribution in [3.05, 3.63) is 17.0 Å². The largest absolute Gasteiger partial charge is 0.468 e. The molecule has 5 nitrogen and oxygen atoms in total. The molecule has 1 rings (SSSR count). The first kappa shape index (κ1) is 13.7. The van der Waals surface area contributed by atoms with E-state index in [9.17, 15) is 4.79 Å². The molecule has 0 radical (unpaired) electrons. The fraction of sp³-hybridized carbons (Fsp3) is 0.667. The van der Waals surface area contributed by atoms with Crippen LogP contribution in [0.2, 0.25) is 0 Å². The lowest BCUT2D eigenvalue weighted by Gasteiger charge is -2.13. The van der Waals surface area contributed by atoms with Crippen molar-refractivity contribution < 1.29 is 9.53 Å². The summed E-state index contributed by atoms with van der Waals surface area (Å²) in [7, 11) is 1.39. The molecule has 1 heterocycles. The van der Waals surface area contributed by atoms with Gasteiger partial charge in [0.25, 0.3) is 0 Å². The summed E-state index contributed by atoms with van der Waals surface area (Å²) >= 11 is 0. The number of rotatable bonds is 5. The Kier molecular flexibility index (Phi) is 4.69. The molecule has 1 aromatic heterocycles. The second-order valence-electron chi connectivity index (χ2n) is 4.08. The summed E-state index contributed by atoms with van der Waals surface area (Å²) in [5.41, 5.74) is 3.32. The highest BCUT2D eigenvalue weighted by atomic mass is 16.5. The molecule has 1 atom stereocenters. The van der Waals surface area contributed by atoms with Crippen LogP contribution >= 0.6 is 0 Å². The number of nitrogens with zero attached hydrogens (tertiary/aromatic N) is 2. The number of aryl methyl sites for hydroxylation is 2. The van der Waals surface area contributed by atoms with E-state index in [4.69, 9.17) is 0 Å². The van der Waals surface area contributed by atoms with Gasteiger partial charge in [-0.25, -0.2) is 0 Å². The highest BCUT2D eigenvalue weighted by Gasteiger charge is 2.17. The molecule has 0 fully saturated rings. The molecule has 0 aliphatic heterocycles. The Morgan fingerprint density at radius 3 is 2.65 bits per heavy atom. The van der Waals surface area contributed by atoms with Crippen LogP contribution in [0.15, 0.2) is 0 Å². The van der Waals surface area contributed by atoms with Gasteiger partial charge in [-0.15, -0.1) is 0 Å². The Balaban J connectivity index is 2.78. The summed E-state index contributed by atoms with van der Waals surface area (Å²) in [5.74, 6) is -0.255. The zero-order chi connectivity index (χ0) is 13.0. The summed E-state index contributed by atoms with van der Waals surface area (Å²) in [6, 6.07) is 0.0920. The van der Waals surface area contributed by atoms with Gasteiger partial charge in [0.15, 0.2) is 0 Å². The predicted molar refractivity (Wildman–Crippen MR) is 65.8 cm³/mol. The lowest BCUT2D eigenvalue weighted by atomic mass is 10.1. The molecule has 1 unspecified atom stereocenters. The van der Waals surface area contributed by atoms with Crippen molar-refractivity contribution in [3.63, 3.8) is 0 Å².